The van der Waals surface area contributed by atoms with Crippen molar-refractivity contribution < 1.29 is 23.8 Å². The van der Waals surface area contributed by atoms with Crippen LogP contribution in [0.1, 0.15) is 17.5 Å². The lowest BCUT2D eigenvalue weighted by Crippen LogP contribution is -2.81. The second-order valence-electron chi connectivity index (χ2n) is 8.90. The third-order valence-corrected chi connectivity index (χ3v) is 6.85. The molecule has 0 aliphatic carbocycles. The molecule has 1 N–H and O–H groups in total. The van der Waals surface area contributed by atoms with Crippen LogP contribution in [0.3, 0.4) is 0 Å². The summed E-state index contributed by atoms with van der Waals surface area (Å²) in [5.74, 6) is -0.311. The number of hydrogen-bond acceptors (Lipinski definition) is 6. The molecule has 3 heterocycles. The lowest BCUT2D eigenvalue weighted by molar-refractivity contribution is -0.181. The number of nitrogens with zero attached hydrogens (tertiary/aromatic N) is 3. The van der Waals surface area contributed by atoms with E-state index in [1.807, 2.05) is 29.2 Å². The van der Waals surface area contributed by atoms with Crippen LogP contribution in [0.2, 0.25) is 0 Å². The van der Waals surface area contributed by atoms with Gasteiger partial charge in [0.05, 0.1) is 25.8 Å². The zero-order valence-corrected chi connectivity index (χ0v) is 17.9. The summed E-state index contributed by atoms with van der Waals surface area (Å²) in [5, 5.41) is 10.3. The van der Waals surface area contributed by atoms with Crippen LogP contribution in [-0.2, 0) is 22.7 Å². The van der Waals surface area contributed by atoms with E-state index in [0.717, 1.165) is 11.3 Å². The molecular formula is C24H26FN3O4. The third kappa shape index (κ3) is 3.39. The van der Waals surface area contributed by atoms with Crippen LogP contribution in [0.25, 0.3) is 0 Å². The number of aliphatic hydroxyl groups is 1. The number of piperazine rings is 1. The number of methoxy groups -OCH3 is 1. The number of rotatable bonds is 5. The zero-order valence-electron chi connectivity index (χ0n) is 17.9. The van der Waals surface area contributed by atoms with Gasteiger partial charge in [-0.15, -0.1) is 0 Å². The van der Waals surface area contributed by atoms with Gasteiger partial charge in [-0.3, -0.25) is 24.3 Å². The van der Waals surface area contributed by atoms with Gasteiger partial charge in [0.2, 0.25) is 5.91 Å². The average molecular weight is 439 g/mol. The first-order chi connectivity index (χ1) is 15.4. The van der Waals surface area contributed by atoms with Crippen molar-refractivity contribution in [3.63, 3.8) is 0 Å². The summed E-state index contributed by atoms with van der Waals surface area (Å²) >= 11 is 0. The summed E-state index contributed by atoms with van der Waals surface area (Å²) in [4.78, 5) is 32.0. The molecule has 0 saturated carbocycles. The molecule has 0 aromatic heterocycles. The molecule has 7 nitrogen and oxygen atoms in total. The highest BCUT2D eigenvalue weighted by molar-refractivity contribution is 6.06. The Morgan fingerprint density at radius 1 is 1.09 bits per heavy atom. The highest BCUT2D eigenvalue weighted by Gasteiger charge is 2.64. The Hall–Kier alpha value is -2.81. The lowest BCUT2D eigenvalue weighted by atomic mass is 9.82. The molecule has 5 rings (SSSR count). The maximum absolute atomic E-state index is 14.3. The Morgan fingerprint density at radius 3 is 2.50 bits per heavy atom. The van der Waals surface area contributed by atoms with Crippen LogP contribution in [-0.4, -0.2) is 76.0 Å². The van der Waals surface area contributed by atoms with Gasteiger partial charge in [0.15, 0.2) is 0 Å². The molecule has 3 aliphatic rings. The van der Waals surface area contributed by atoms with Gasteiger partial charge in [-0.05, 0) is 30.2 Å². The van der Waals surface area contributed by atoms with E-state index in [1.165, 1.54) is 11.0 Å². The Bertz CT molecular complexity index is 1040. The fraction of sp³-hybridized carbons (Fsp3) is 0.417. The first-order valence-electron chi connectivity index (χ1n) is 10.8. The Labute approximate surface area is 186 Å². The molecule has 168 valence electrons. The van der Waals surface area contributed by atoms with E-state index in [9.17, 15) is 19.1 Å². The van der Waals surface area contributed by atoms with E-state index < -0.39 is 23.5 Å². The Morgan fingerprint density at radius 2 is 1.81 bits per heavy atom. The van der Waals surface area contributed by atoms with E-state index in [0.29, 0.717) is 38.2 Å². The minimum Gasteiger partial charge on any atom is -0.497 e. The van der Waals surface area contributed by atoms with Gasteiger partial charge in [0.25, 0.3) is 5.91 Å². The number of hydrogen-bond donors (Lipinski definition) is 1. The van der Waals surface area contributed by atoms with E-state index in [-0.39, 0.29) is 18.4 Å². The maximum atomic E-state index is 14.3. The second kappa shape index (κ2) is 7.95. The molecule has 3 fully saturated rings. The molecule has 3 aliphatic heterocycles. The summed E-state index contributed by atoms with van der Waals surface area (Å²) in [7, 11) is 1.62. The summed E-state index contributed by atoms with van der Waals surface area (Å²) < 4.78 is 19.5. The van der Waals surface area contributed by atoms with Gasteiger partial charge in [-0.2, -0.15) is 0 Å². The van der Waals surface area contributed by atoms with Crippen LogP contribution < -0.4 is 4.74 Å². The van der Waals surface area contributed by atoms with Crippen molar-refractivity contribution in [1.82, 2.24) is 14.7 Å². The number of amides is 2. The molecule has 0 radical (unpaired) electrons. The normalized spacial score (nSPS) is 25.2. The molecule has 2 aromatic rings. The summed E-state index contributed by atoms with van der Waals surface area (Å²) in [5.41, 5.74) is 0.542. The van der Waals surface area contributed by atoms with Crippen molar-refractivity contribution in [2.45, 2.75) is 37.2 Å². The first-order valence-corrected chi connectivity index (χ1v) is 10.8. The highest BCUT2D eigenvalue weighted by Crippen LogP contribution is 2.41. The number of ether oxygens (including phenoxy) is 1. The van der Waals surface area contributed by atoms with Gasteiger partial charge < -0.3 is 9.84 Å². The predicted octanol–water partition coefficient (Wildman–Crippen LogP) is 1.39. The lowest BCUT2D eigenvalue weighted by Gasteiger charge is -2.58. The minimum absolute atomic E-state index is 0.0923. The number of likely N-dealkylation sites (tertiary alicyclic amines) is 1. The number of halogens is 1. The minimum atomic E-state index is -0.867. The van der Waals surface area contributed by atoms with E-state index in [4.69, 9.17) is 4.74 Å². The molecule has 3 saturated heterocycles. The molecule has 8 heteroatoms. The third-order valence-electron chi connectivity index (χ3n) is 6.85. The van der Waals surface area contributed by atoms with Crippen LogP contribution >= 0.6 is 0 Å². The smallest absolute Gasteiger partial charge is 0.252 e. The monoisotopic (exact) mass is 439 g/mol. The molecule has 0 bridgehead atoms. The molecule has 2 atom stereocenters. The fourth-order valence-corrected chi connectivity index (χ4v) is 5.23. The van der Waals surface area contributed by atoms with Gasteiger partial charge in [-0.1, -0.05) is 30.3 Å². The Kier molecular flexibility index (Phi) is 5.23. The van der Waals surface area contributed by atoms with Crippen LogP contribution in [0, 0.1) is 5.82 Å². The van der Waals surface area contributed by atoms with Crippen molar-refractivity contribution in [2.24, 2.45) is 0 Å². The molecular weight excluding hydrogens is 413 g/mol. The Balaban J connectivity index is 1.37. The van der Waals surface area contributed by atoms with E-state index >= 15 is 0 Å². The number of aliphatic hydroxyl groups excluding tert-OH is 1. The van der Waals surface area contributed by atoms with E-state index in [2.05, 4.69) is 4.90 Å². The SMILES string of the molecule is COc1ccc(CN2CC3(C2)C(=O)N(Cc2ccccc2F)C(=O)[C@@H]2C[C@@H](O)CN23)cc1. The first kappa shape index (κ1) is 21.1. The quantitative estimate of drug-likeness (QED) is 0.710. The number of carbonyl (C=O) groups excluding carboxylic acids is 2. The summed E-state index contributed by atoms with van der Waals surface area (Å²) in [6, 6.07) is 13.4. The summed E-state index contributed by atoms with van der Waals surface area (Å²) in [6.45, 7) is 1.79. The van der Waals surface area contributed by atoms with Gasteiger partial charge in [-0.25, -0.2) is 4.39 Å². The van der Waals surface area contributed by atoms with Crippen LogP contribution in [0.15, 0.2) is 48.5 Å². The second-order valence-corrected chi connectivity index (χ2v) is 8.90. The van der Waals surface area contributed by atoms with E-state index in [1.54, 1.807) is 25.3 Å². The molecule has 0 unspecified atom stereocenters. The van der Waals surface area contributed by atoms with Crippen molar-refractivity contribution in [3.05, 3.63) is 65.5 Å². The molecule has 1 spiro atoms. The average Bonchev–Trinajstić information content (AvgIpc) is 3.16. The van der Waals surface area contributed by atoms with Crippen LogP contribution in [0.5, 0.6) is 5.75 Å². The standard InChI is InChI=1S/C24H26FN3O4/c1-32-19-8-6-16(7-9-19)11-26-14-24(15-26)23(31)27(12-17-4-2-3-5-20(17)25)22(30)21-10-18(29)13-28(21)24/h2-9,18,21,29H,10-15H2,1H3/t18-,21+/m1/s1. The fourth-order valence-electron chi connectivity index (χ4n) is 5.23. The van der Waals surface area contributed by atoms with Crippen molar-refractivity contribution in [3.8, 4) is 5.75 Å². The molecule has 2 amide bonds. The maximum Gasteiger partial charge on any atom is 0.252 e. The van der Waals surface area contributed by atoms with Crippen molar-refractivity contribution >= 4 is 11.8 Å². The molecule has 2 aromatic carbocycles. The summed E-state index contributed by atoms with van der Waals surface area (Å²) in [6.07, 6.45) is -0.363. The predicted molar refractivity (Wildman–Crippen MR) is 114 cm³/mol. The van der Waals surface area contributed by atoms with Gasteiger partial charge in [0, 0.05) is 31.7 Å². The number of imide groups is 1. The largest absolute Gasteiger partial charge is 0.497 e. The van der Waals surface area contributed by atoms with Crippen LogP contribution in [0.4, 0.5) is 4.39 Å². The number of β-amino-alcohol motifs (C(OH)–C–C–N with tert-alkyl or cyclic N) is 1. The van der Waals surface area contributed by atoms with Gasteiger partial charge >= 0.3 is 0 Å². The topological polar surface area (TPSA) is 73.3 Å². The van der Waals surface area contributed by atoms with Gasteiger partial charge in [0.1, 0.15) is 17.1 Å². The van der Waals surface area contributed by atoms with Crippen molar-refractivity contribution in [2.75, 3.05) is 26.7 Å². The zero-order chi connectivity index (χ0) is 22.5. The number of benzene rings is 2. The number of carbonyl (C=O) groups is 2. The number of fused-ring (bicyclic) bond motifs is 2. The van der Waals surface area contributed by atoms with Crippen molar-refractivity contribution in [1.29, 1.82) is 0 Å². The highest BCUT2D eigenvalue weighted by atomic mass is 19.1. The molecule has 32 heavy (non-hydrogen) atoms.